The van der Waals surface area contributed by atoms with Gasteiger partial charge in [0.2, 0.25) is 11.8 Å². The first-order chi connectivity index (χ1) is 11.0. The van der Waals surface area contributed by atoms with Crippen LogP contribution in [0.2, 0.25) is 0 Å². The first-order valence-corrected chi connectivity index (χ1v) is 9.05. The van der Waals surface area contributed by atoms with Gasteiger partial charge in [-0.1, -0.05) is 24.6 Å². The van der Waals surface area contributed by atoms with Crippen LogP contribution in [0.4, 0.5) is 0 Å². The van der Waals surface area contributed by atoms with Crippen molar-refractivity contribution in [2.75, 3.05) is 6.54 Å². The molecule has 5 nitrogen and oxygen atoms in total. The average molecular weight is 334 g/mol. The van der Waals surface area contributed by atoms with Crippen molar-refractivity contribution in [2.45, 2.75) is 38.2 Å². The molecule has 2 rings (SSSR count). The quantitative estimate of drug-likeness (QED) is 0.845. The molecule has 0 aliphatic carbocycles. The SMILES string of the molecule is CCCNC(=O)[C@@H](C)[S@@](=O)Cc1coc(-c2ccc(C)cc2)n1. The Morgan fingerprint density at radius 1 is 1.35 bits per heavy atom. The van der Waals surface area contributed by atoms with Gasteiger partial charge in [-0.2, -0.15) is 0 Å². The molecule has 1 aromatic carbocycles. The van der Waals surface area contributed by atoms with E-state index in [4.69, 9.17) is 4.42 Å². The van der Waals surface area contributed by atoms with Gasteiger partial charge in [0.25, 0.3) is 0 Å². The zero-order chi connectivity index (χ0) is 16.8. The van der Waals surface area contributed by atoms with Crippen LogP contribution in [0.5, 0.6) is 0 Å². The Kier molecular flexibility index (Phi) is 6.10. The molecule has 2 aromatic rings. The van der Waals surface area contributed by atoms with Crippen LogP contribution in [0.25, 0.3) is 11.5 Å². The van der Waals surface area contributed by atoms with Crippen LogP contribution in [0, 0.1) is 6.92 Å². The Balaban J connectivity index is 1.99. The third kappa shape index (κ3) is 4.76. The molecule has 1 aromatic heterocycles. The molecule has 124 valence electrons. The van der Waals surface area contributed by atoms with E-state index < -0.39 is 16.0 Å². The van der Waals surface area contributed by atoms with Gasteiger partial charge in [0.05, 0.1) is 11.4 Å². The summed E-state index contributed by atoms with van der Waals surface area (Å²) in [6, 6.07) is 7.83. The van der Waals surface area contributed by atoms with Crippen LogP contribution < -0.4 is 5.32 Å². The summed E-state index contributed by atoms with van der Waals surface area (Å²) in [6.45, 7) is 6.26. The van der Waals surface area contributed by atoms with Crippen LogP contribution in [0.15, 0.2) is 34.9 Å². The lowest BCUT2D eigenvalue weighted by molar-refractivity contribution is -0.120. The average Bonchev–Trinajstić information content (AvgIpc) is 3.00. The second-order valence-corrected chi connectivity index (χ2v) is 7.23. The number of carbonyl (C=O) groups is 1. The van der Waals surface area contributed by atoms with E-state index in [0.717, 1.165) is 17.5 Å². The number of oxazole rings is 1. The number of nitrogens with zero attached hydrogens (tertiary/aromatic N) is 1. The predicted octanol–water partition coefficient (Wildman–Crippen LogP) is 2.81. The molecule has 1 N–H and O–H groups in total. The number of rotatable bonds is 7. The molecule has 1 amide bonds. The fourth-order valence-electron chi connectivity index (χ4n) is 1.98. The number of nitrogens with one attached hydrogen (secondary N) is 1. The molecule has 0 aliphatic heterocycles. The molecular formula is C17H22N2O3S. The summed E-state index contributed by atoms with van der Waals surface area (Å²) in [5.74, 6) is 0.517. The van der Waals surface area contributed by atoms with Gasteiger partial charge in [0.15, 0.2) is 0 Å². The molecule has 1 heterocycles. The third-order valence-electron chi connectivity index (χ3n) is 3.45. The topological polar surface area (TPSA) is 72.2 Å². The molecule has 0 unspecified atom stereocenters. The van der Waals surface area contributed by atoms with Gasteiger partial charge in [-0.05, 0) is 32.4 Å². The van der Waals surface area contributed by atoms with E-state index in [9.17, 15) is 9.00 Å². The highest BCUT2D eigenvalue weighted by molar-refractivity contribution is 7.85. The fraction of sp³-hybridized carbons (Fsp3) is 0.412. The highest BCUT2D eigenvalue weighted by Gasteiger charge is 2.21. The number of carbonyl (C=O) groups excluding carboxylic acids is 1. The van der Waals surface area contributed by atoms with E-state index in [1.54, 1.807) is 6.92 Å². The maximum absolute atomic E-state index is 12.3. The van der Waals surface area contributed by atoms with Gasteiger partial charge < -0.3 is 9.73 Å². The lowest BCUT2D eigenvalue weighted by atomic mass is 10.1. The Morgan fingerprint density at radius 3 is 2.70 bits per heavy atom. The van der Waals surface area contributed by atoms with Crippen LogP contribution >= 0.6 is 0 Å². The number of hydrogen-bond donors (Lipinski definition) is 1. The maximum atomic E-state index is 12.3. The zero-order valence-electron chi connectivity index (χ0n) is 13.7. The van der Waals surface area contributed by atoms with E-state index in [0.29, 0.717) is 18.1 Å². The number of aryl methyl sites for hydroxylation is 1. The van der Waals surface area contributed by atoms with Crippen LogP contribution in [-0.2, 0) is 21.3 Å². The number of benzene rings is 1. The van der Waals surface area contributed by atoms with Crippen molar-refractivity contribution < 1.29 is 13.4 Å². The summed E-state index contributed by atoms with van der Waals surface area (Å²) < 4.78 is 17.7. The van der Waals surface area contributed by atoms with Crippen molar-refractivity contribution in [3.8, 4) is 11.5 Å². The van der Waals surface area contributed by atoms with E-state index >= 15 is 0 Å². The third-order valence-corrected chi connectivity index (χ3v) is 5.04. The minimum absolute atomic E-state index is 0.188. The Labute approximate surface area is 139 Å². The van der Waals surface area contributed by atoms with Gasteiger partial charge in [-0.3, -0.25) is 9.00 Å². The number of amides is 1. The van der Waals surface area contributed by atoms with Crippen LogP contribution in [0.1, 0.15) is 31.5 Å². The Hall–Kier alpha value is -1.95. The molecule has 0 aliphatic rings. The standard InChI is InChI=1S/C17H22N2O3S/c1-4-9-18-16(20)13(3)23(21)11-15-10-22-17(19-15)14-7-5-12(2)6-8-14/h5-8,10,13H,4,9,11H2,1-3H3,(H,18,20)/t13-,23+/m1/s1. The summed E-state index contributed by atoms with van der Waals surface area (Å²) in [5.41, 5.74) is 2.63. The van der Waals surface area contributed by atoms with E-state index in [1.165, 1.54) is 6.26 Å². The summed E-state index contributed by atoms with van der Waals surface area (Å²) in [7, 11) is -1.33. The van der Waals surface area contributed by atoms with E-state index in [-0.39, 0.29) is 11.7 Å². The van der Waals surface area contributed by atoms with Gasteiger partial charge in [-0.25, -0.2) is 4.98 Å². The van der Waals surface area contributed by atoms with Gasteiger partial charge in [0.1, 0.15) is 11.5 Å². The number of hydrogen-bond acceptors (Lipinski definition) is 4. The van der Waals surface area contributed by atoms with Crippen molar-refractivity contribution in [1.82, 2.24) is 10.3 Å². The van der Waals surface area contributed by atoms with Crippen molar-refractivity contribution in [3.63, 3.8) is 0 Å². The second-order valence-electron chi connectivity index (χ2n) is 5.47. The molecule has 0 bridgehead atoms. The zero-order valence-corrected chi connectivity index (χ0v) is 14.5. The van der Waals surface area contributed by atoms with E-state index in [2.05, 4.69) is 10.3 Å². The lowest BCUT2D eigenvalue weighted by Gasteiger charge is -2.10. The summed E-state index contributed by atoms with van der Waals surface area (Å²) in [4.78, 5) is 16.2. The van der Waals surface area contributed by atoms with Crippen LogP contribution in [-0.4, -0.2) is 26.9 Å². The molecule has 23 heavy (non-hydrogen) atoms. The Morgan fingerprint density at radius 2 is 2.04 bits per heavy atom. The lowest BCUT2D eigenvalue weighted by Crippen LogP contribution is -2.36. The molecule has 0 spiro atoms. The minimum atomic E-state index is -1.33. The smallest absolute Gasteiger partial charge is 0.235 e. The molecule has 0 saturated heterocycles. The Bertz CT molecular complexity index is 679. The highest BCUT2D eigenvalue weighted by atomic mass is 32.2. The monoisotopic (exact) mass is 334 g/mol. The summed E-state index contributed by atoms with van der Waals surface area (Å²) in [5, 5.41) is 2.19. The van der Waals surface area contributed by atoms with Gasteiger partial charge in [0, 0.05) is 22.9 Å². The molecule has 6 heteroatoms. The van der Waals surface area contributed by atoms with Gasteiger partial charge in [-0.15, -0.1) is 0 Å². The highest BCUT2D eigenvalue weighted by Crippen LogP contribution is 2.20. The first-order valence-electron chi connectivity index (χ1n) is 7.67. The van der Waals surface area contributed by atoms with Crippen molar-refractivity contribution >= 4 is 16.7 Å². The molecule has 0 fully saturated rings. The maximum Gasteiger partial charge on any atom is 0.235 e. The fourth-order valence-corrected chi connectivity index (χ4v) is 2.98. The van der Waals surface area contributed by atoms with E-state index in [1.807, 2.05) is 38.1 Å². The van der Waals surface area contributed by atoms with Crippen molar-refractivity contribution in [3.05, 3.63) is 41.8 Å². The summed E-state index contributed by atoms with van der Waals surface area (Å²) in [6.07, 6.45) is 2.36. The van der Waals surface area contributed by atoms with Crippen LogP contribution in [0.3, 0.4) is 0 Å². The second kappa shape index (κ2) is 8.06. The predicted molar refractivity (Wildman–Crippen MR) is 91.3 cm³/mol. The molecule has 0 saturated carbocycles. The summed E-state index contributed by atoms with van der Waals surface area (Å²) >= 11 is 0. The van der Waals surface area contributed by atoms with Gasteiger partial charge >= 0.3 is 0 Å². The largest absolute Gasteiger partial charge is 0.444 e. The minimum Gasteiger partial charge on any atom is -0.444 e. The molecule has 2 atom stereocenters. The molecule has 0 radical (unpaired) electrons. The normalized spacial score (nSPS) is 13.5. The van der Waals surface area contributed by atoms with Crippen molar-refractivity contribution in [1.29, 1.82) is 0 Å². The molecular weight excluding hydrogens is 312 g/mol. The first kappa shape index (κ1) is 17.4. The number of aromatic nitrogens is 1. The van der Waals surface area contributed by atoms with Crippen molar-refractivity contribution in [2.24, 2.45) is 0 Å².